The van der Waals surface area contributed by atoms with E-state index in [4.69, 9.17) is 10.5 Å². The minimum absolute atomic E-state index is 0.111. The van der Waals surface area contributed by atoms with Crippen molar-refractivity contribution < 1.29 is 14.3 Å². The van der Waals surface area contributed by atoms with Crippen molar-refractivity contribution in [3.05, 3.63) is 23.4 Å². The lowest BCUT2D eigenvalue weighted by Crippen LogP contribution is -2.23. The predicted molar refractivity (Wildman–Crippen MR) is 61.4 cm³/mol. The van der Waals surface area contributed by atoms with E-state index < -0.39 is 11.9 Å². The Morgan fingerprint density at radius 1 is 1.38 bits per heavy atom. The van der Waals surface area contributed by atoms with E-state index in [9.17, 15) is 9.59 Å². The molecule has 0 aromatic heterocycles. The number of ether oxygens (including phenoxy) is 1. The molecule has 0 aliphatic rings. The second-order valence-electron chi connectivity index (χ2n) is 3.42. The zero-order chi connectivity index (χ0) is 12.7. The average molecular weight is 226 g/mol. The predicted octanol–water partition coefficient (Wildman–Crippen LogP) is 0.427. The highest BCUT2D eigenvalue weighted by Crippen LogP contribution is 2.08. The first kappa shape index (κ1) is 14.2. The van der Waals surface area contributed by atoms with Gasteiger partial charge in [-0.05, 0) is 31.7 Å². The molecule has 0 spiro atoms. The topological polar surface area (TPSA) is 72.6 Å². The van der Waals surface area contributed by atoms with E-state index >= 15 is 0 Å². The first-order valence-corrected chi connectivity index (χ1v) is 4.92. The fourth-order valence-electron chi connectivity index (χ4n) is 1.00. The molecule has 0 unspecified atom stereocenters. The summed E-state index contributed by atoms with van der Waals surface area (Å²) in [6.45, 7) is 3.51. The Balaban J connectivity index is 5.08. The molecule has 0 aliphatic heterocycles. The van der Waals surface area contributed by atoms with Crippen LogP contribution in [0.25, 0.3) is 0 Å². The first-order valence-electron chi connectivity index (χ1n) is 4.92. The zero-order valence-corrected chi connectivity index (χ0v) is 10.1. The summed E-state index contributed by atoms with van der Waals surface area (Å²) in [6.07, 6.45) is 3.36. The van der Waals surface area contributed by atoms with Crippen LogP contribution in [0.5, 0.6) is 0 Å². The van der Waals surface area contributed by atoms with Crippen molar-refractivity contribution in [3.8, 4) is 0 Å². The van der Waals surface area contributed by atoms with Gasteiger partial charge >= 0.3 is 5.97 Å². The molecule has 0 fully saturated rings. The summed E-state index contributed by atoms with van der Waals surface area (Å²) >= 11 is 0. The molecule has 0 aliphatic carbocycles. The van der Waals surface area contributed by atoms with Crippen molar-refractivity contribution >= 4 is 11.9 Å². The maximum absolute atomic E-state index is 11.4. The lowest BCUT2D eigenvalue weighted by molar-refractivity contribution is -0.140. The quantitative estimate of drug-likeness (QED) is 0.242. The van der Waals surface area contributed by atoms with Crippen LogP contribution in [0.1, 0.15) is 13.8 Å². The number of amides is 1. The van der Waals surface area contributed by atoms with Gasteiger partial charge in [-0.3, -0.25) is 4.79 Å². The Morgan fingerprint density at radius 3 is 2.31 bits per heavy atom. The van der Waals surface area contributed by atoms with Crippen LogP contribution < -0.4 is 5.73 Å². The number of primary amides is 1. The van der Waals surface area contributed by atoms with Crippen LogP contribution in [0.2, 0.25) is 0 Å². The number of allylic oxidation sites excluding steroid dienone is 2. The molecule has 1 amide bonds. The van der Waals surface area contributed by atoms with E-state index in [0.29, 0.717) is 5.57 Å². The third-order valence-electron chi connectivity index (χ3n) is 1.74. The van der Waals surface area contributed by atoms with Crippen molar-refractivity contribution in [1.29, 1.82) is 0 Å². The Morgan fingerprint density at radius 2 is 1.94 bits per heavy atom. The number of nitrogens with zero attached hydrogens (tertiary/aromatic N) is 1. The van der Waals surface area contributed by atoms with Crippen molar-refractivity contribution in [3.63, 3.8) is 0 Å². The molecule has 0 atom stereocenters. The summed E-state index contributed by atoms with van der Waals surface area (Å²) in [4.78, 5) is 24.3. The smallest absolute Gasteiger partial charge is 0.344 e. The summed E-state index contributed by atoms with van der Waals surface area (Å²) in [5, 5.41) is 0. The Kier molecular flexibility index (Phi) is 5.92. The number of rotatable bonds is 5. The molecule has 5 nitrogen and oxygen atoms in total. The van der Waals surface area contributed by atoms with Gasteiger partial charge < -0.3 is 15.4 Å². The fourth-order valence-corrected chi connectivity index (χ4v) is 1.00. The lowest BCUT2D eigenvalue weighted by Gasteiger charge is -2.07. The van der Waals surface area contributed by atoms with Gasteiger partial charge in [-0.2, -0.15) is 0 Å². The molecule has 0 aromatic carbocycles. The van der Waals surface area contributed by atoms with Crippen LogP contribution in [0.4, 0.5) is 0 Å². The molecule has 0 radical (unpaired) electrons. The van der Waals surface area contributed by atoms with Gasteiger partial charge in [0.2, 0.25) is 0 Å². The van der Waals surface area contributed by atoms with Gasteiger partial charge in [0.05, 0.1) is 6.61 Å². The van der Waals surface area contributed by atoms with Crippen molar-refractivity contribution in [2.24, 2.45) is 5.73 Å². The maximum atomic E-state index is 11.4. The highest BCUT2D eigenvalue weighted by atomic mass is 16.5. The standard InChI is InChI=1S/C11H18N2O3/c1-5-16-11(15)9(10(12)14)8(2)6-7-13(3)4/h6-7H,5H2,1-4H3,(H2,12,14)/b7-6+,9-8+. The van der Waals surface area contributed by atoms with Crippen molar-refractivity contribution in [2.75, 3.05) is 20.7 Å². The molecule has 5 heteroatoms. The van der Waals surface area contributed by atoms with Crippen LogP contribution in [0.3, 0.4) is 0 Å². The lowest BCUT2D eigenvalue weighted by atomic mass is 10.1. The summed E-state index contributed by atoms with van der Waals surface area (Å²) in [5.41, 5.74) is 5.50. The second-order valence-corrected chi connectivity index (χ2v) is 3.42. The monoisotopic (exact) mass is 226 g/mol. The van der Waals surface area contributed by atoms with Gasteiger partial charge in [0.25, 0.3) is 5.91 Å². The molecule has 16 heavy (non-hydrogen) atoms. The van der Waals surface area contributed by atoms with Crippen LogP contribution in [-0.4, -0.2) is 37.5 Å². The molecule has 0 saturated carbocycles. The highest BCUT2D eigenvalue weighted by Gasteiger charge is 2.18. The first-order chi connectivity index (χ1) is 7.40. The van der Waals surface area contributed by atoms with E-state index in [1.807, 2.05) is 14.1 Å². The summed E-state index contributed by atoms with van der Waals surface area (Å²) in [6, 6.07) is 0. The number of carbonyl (C=O) groups is 2. The molecule has 2 N–H and O–H groups in total. The Bertz CT molecular complexity index is 330. The van der Waals surface area contributed by atoms with Crippen molar-refractivity contribution in [1.82, 2.24) is 4.90 Å². The highest BCUT2D eigenvalue weighted by molar-refractivity contribution is 6.16. The largest absolute Gasteiger partial charge is 0.462 e. The van der Waals surface area contributed by atoms with Crippen molar-refractivity contribution in [2.45, 2.75) is 13.8 Å². The van der Waals surface area contributed by atoms with Gasteiger partial charge in [0, 0.05) is 14.1 Å². The average Bonchev–Trinajstić information content (AvgIpc) is 2.14. The van der Waals surface area contributed by atoms with Gasteiger partial charge in [0.1, 0.15) is 5.57 Å². The number of hydrogen-bond donors (Lipinski definition) is 1. The normalized spacial score (nSPS) is 12.2. The summed E-state index contributed by atoms with van der Waals surface area (Å²) in [7, 11) is 3.66. The summed E-state index contributed by atoms with van der Waals surface area (Å²) < 4.78 is 4.75. The molecule has 0 saturated heterocycles. The molecule has 90 valence electrons. The van der Waals surface area contributed by atoms with E-state index in [2.05, 4.69) is 0 Å². The minimum Gasteiger partial charge on any atom is -0.462 e. The number of esters is 1. The molecule has 0 rings (SSSR count). The van der Waals surface area contributed by atoms with E-state index in [0.717, 1.165) is 0 Å². The summed E-state index contributed by atoms with van der Waals surface area (Å²) in [5.74, 6) is -1.46. The van der Waals surface area contributed by atoms with Gasteiger partial charge in [-0.25, -0.2) is 4.79 Å². The Labute approximate surface area is 95.5 Å². The molecule has 0 heterocycles. The van der Waals surface area contributed by atoms with Gasteiger partial charge in [-0.1, -0.05) is 0 Å². The van der Waals surface area contributed by atoms with Crippen LogP contribution in [0.15, 0.2) is 23.4 Å². The van der Waals surface area contributed by atoms with E-state index in [1.54, 1.807) is 31.0 Å². The Hall–Kier alpha value is -1.78. The number of hydrogen-bond acceptors (Lipinski definition) is 4. The molecule has 0 aromatic rings. The van der Waals surface area contributed by atoms with Crippen LogP contribution in [0, 0.1) is 0 Å². The van der Waals surface area contributed by atoms with E-state index in [-0.39, 0.29) is 12.2 Å². The second kappa shape index (κ2) is 6.66. The third kappa shape index (κ3) is 4.63. The van der Waals surface area contributed by atoms with E-state index in [1.165, 1.54) is 0 Å². The van der Waals surface area contributed by atoms with Gasteiger partial charge in [-0.15, -0.1) is 0 Å². The maximum Gasteiger partial charge on any atom is 0.344 e. The molecule has 0 bridgehead atoms. The van der Waals surface area contributed by atoms with Crippen LogP contribution in [-0.2, 0) is 14.3 Å². The number of nitrogens with two attached hydrogens (primary N) is 1. The van der Waals surface area contributed by atoms with Crippen LogP contribution >= 0.6 is 0 Å². The SMILES string of the molecule is CCOC(=O)/C(C(N)=O)=C(C)/C=C/N(C)C. The fraction of sp³-hybridized carbons (Fsp3) is 0.455. The molecular formula is C11H18N2O3. The number of carbonyl (C=O) groups excluding carboxylic acids is 2. The van der Waals surface area contributed by atoms with Gasteiger partial charge in [0.15, 0.2) is 0 Å². The molecular weight excluding hydrogens is 208 g/mol. The third-order valence-corrected chi connectivity index (χ3v) is 1.74. The zero-order valence-electron chi connectivity index (χ0n) is 10.1. The minimum atomic E-state index is -0.778.